The minimum atomic E-state index is -0.882. The van der Waals surface area contributed by atoms with E-state index in [0.717, 1.165) is 37.3 Å². The number of hydrogen-bond acceptors (Lipinski definition) is 5. The summed E-state index contributed by atoms with van der Waals surface area (Å²) < 4.78 is 5.10. The maximum atomic E-state index is 12.8. The lowest BCUT2D eigenvalue weighted by Gasteiger charge is -2.55. The molecule has 5 nitrogen and oxygen atoms in total. The van der Waals surface area contributed by atoms with E-state index in [-0.39, 0.29) is 11.5 Å². The molecule has 3 heterocycles. The predicted octanol–water partition coefficient (Wildman–Crippen LogP) is 2.19. The van der Waals surface area contributed by atoms with Crippen molar-refractivity contribution < 1.29 is 14.6 Å². The summed E-state index contributed by atoms with van der Waals surface area (Å²) >= 11 is 0. The van der Waals surface area contributed by atoms with Gasteiger partial charge in [0.1, 0.15) is 0 Å². The van der Waals surface area contributed by atoms with Crippen LogP contribution in [0, 0.1) is 5.41 Å². The van der Waals surface area contributed by atoms with Gasteiger partial charge < -0.3 is 15.2 Å². The Morgan fingerprint density at radius 3 is 3.00 bits per heavy atom. The first-order chi connectivity index (χ1) is 12.6. The van der Waals surface area contributed by atoms with Crippen LogP contribution in [-0.4, -0.2) is 48.3 Å². The Kier molecular flexibility index (Phi) is 3.22. The highest BCUT2D eigenvalue weighted by atomic mass is 16.5. The summed E-state index contributed by atoms with van der Waals surface area (Å²) in [5, 5.41) is 14.9. The van der Waals surface area contributed by atoms with Crippen molar-refractivity contribution in [1.82, 2.24) is 4.90 Å². The van der Waals surface area contributed by atoms with E-state index in [1.54, 1.807) is 0 Å². The first kappa shape index (κ1) is 16.1. The van der Waals surface area contributed by atoms with Gasteiger partial charge in [-0.05, 0) is 24.5 Å². The first-order valence-corrected chi connectivity index (χ1v) is 9.39. The van der Waals surface area contributed by atoms with E-state index in [9.17, 15) is 9.90 Å². The Morgan fingerprint density at radius 1 is 1.42 bits per heavy atom. The molecule has 1 unspecified atom stereocenters. The van der Waals surface area contributed by atoms with Crippen LogP contribution in [-0.2, 0) is 14.9 Å². The number of ether oxygens (including phenoxy) is 1. The highest BCUT2D eigenvalue weighted by Gasteiger charge is 2.68. The Bertz CT molecular complexity index is 861. The van der Waals surface area contributed by atoms with Crippen LogP contribution >= 0.6 is 0 Å². The number of methoxy groups -OCH3 is 1. The number of aliphatic hydroxyl groups excluding tert-OH is 1. The van der Waals surface area contributed by atoms with Crippen LogP contribution in [0.5, 0.6) is 0 Å². The molecule has 4 aliphatic rings. The molecule has 3 aliphatic heterocycles. The van der Waals surface area contributed by atoms with Gasteiger partial charge in [-0.3, -0.25) is 4.90 Å². The summed E-state index contributed by atoms with van der Waals surface area (Å²) in [5.41, 5.74) is 2.75. The third-order valence-electron chi connectivity index (χ3n) is 7.09. The molecule has 2 N–H and O–H groups in total. The zero-order valence-corrected chi connectivity index (χ0v) is 15.2. The highest BCUT2D eigenvalue weighted by molar-refractivity contribution is 5.94. The van der Waals surface area contributed by atoms with Gasteiger partial charge in [-0.25, -0.2) is 4.79 Å². The quantitative estimate of drug-likeness (QED) is 0.631. The van der Waals surface area contributed by atoms with Crippen LogP contribution in [0.2, 0.25) is 0 Å². The van der Waals surface area contributed by atoms with Crippen LogP contribution in [0.1, 0.15) is 25.3 Å². The molecule has 1 aliphatic carbocycles. The summed E-state index contributed by atoms with van der Waals surface area (Å²) in [6.07, 6.45) is 5.13. The molecule has 26 heavy (non-hydrogen) atoms. The normalized spacial score (nSPS) is 37.0. The Labute approximate surface area is 153 Å². The molecule has 1 aromatic carbocycles. The van der Waals surface area contributed by atoms with Gasteiger partial charge in [0.15, 0.2) is 0 Å². The molecule has 1 fully saturated rings. The lowest BCUT2D eigenvalue weighted by molar-refractivity contribution is -0.139. The van der Waals surface area contributed by atoms with Gasteiger partial charge in [-0.1, -0.05) is 37.3 Å². The van der Waals surface area contributed by atoms with E-state index in [2.05, 4.69) is 47.5 Å². The molecule has 0 aromatic heterocycles. The number of hydrogen-bond donors (Lipinski definition) is 2. The van der Waals surface area contributed by atoms with Crippen molar-refractivity contribution in [3.05, 3.63) is 53.3 Å². The summed E-state index contributed by atoms with van der Waals surface area (Å²) in [6.45, 7) is 3.96. The number of esters is 1. The molecule has 4 atom stereocenters. The fourth-order valence-electron chi connectivity index (χ4n) is 6.08. The number of rotatable bonds is 2. The topological polar surface area (TPSA) is 61.8 Å². The second-order valence-electron chi connectivity index (χ2n) is 7.84. The number of anilines is 1. The number of benzene rings is 1. The minimum absolute atomic E-state index is 0.138. The fraction of sp³-hybridized carbons (Fsp3) is 0.476. The lowest BCUT2D eigenvalue weighted by atomic mass is 9.54. The molecule has 5 heteroatoms. The Morgan fingerprint density at radius 2 is 2.23 bits per heavy atom. The molecule has 0 amide bonds. The second kappa shape index (κ2) is 5.21. The van der Waals surface area contributed by atoms with E-state index in [0.29, 0.717) is 5.57 Å². The molecule has 0 saturated carbocycles. The van der Waals surface area contributed by atoms with E-state index in [1.807, 2.05) is 6.07 Å². The van der Waals surface area contributed by atoms with Crippen LogP contribution in [0.15, 0.2) is 47.7 Å². The summed E-state index contributed by atoms with van der Waals surface area (Å²) in [5.74, 6) is -0.434. The molecule has 5 rings (SSSR count). The van der Waals surface area contributed by atoms with E-state index in [1.165, 1.54) is 12.7 Å². The number of nitrogens with one attached hydrogen (secondary N) is 1. The summed E-state index contributed by atoms with van der Waals surface area (Å²) in [7, 11) is 1.39. The summed E-state index contributed by atoms with van der Waals surface area (Å²) in [4.78, 5) is 15.2. The fourth-order valence-corrected chi connectivity index (χ4v) is 6.08. The second-order valence-corrected chi connectivity index (χ2v) is 7.84. The Hall–Kier alpha value is -2.11. The van der Waals surface area contributed by atoms with Gasteiger partial charge in [0.2, 0.25) is 0 Å². The number of nitrogens with zero attached hydrogens (tertiary/aromatic N) is 1. The number of carbonyl (C=O) groups is 1. The van der Waals surface area contributed by atoms with Crippen molar-refractivity contribution in [3.8, 4) is 0 Å². The third-order valence-corrected chi connectivity index (χ3v) is 7.09. The van der Waals surface area contributed by atoms with Crippen LogP contribution < -0.4 is 5.32 Å². The zero-order chi connectivity index (χ0) is 18.1. The Balaban J connectivity index is 1.87. The first-order valence-electron chi connectivity index (χ1n) is 9.39. The van der Waals surface area contributed by atoms with E-state index in [4.69, 9.17) is 4.74 Å². The van der Waals surface area contributed by atoms with Gasteiger partial charge in [-0.2, -0.15) is 0 Å². The molecule has 1 saturated heterocycles. The van der Waals surface area contributed by atoms with Crippen LogP contribution in [0.25, 0.3) is 0 Å². The number of carbonyl (C=O) groups excluding carboxylic acids is 1. The average Bonchev–Trinajstić information content (AvgIpc) is 3.22. The number of fused-ring (bicyclic) bond motifs is 1. The number of aliphatic hydroxyl groups is 1. The monoisotopic (exact) mass is 352 g/mol. The van der Waals surface area contributed by atoms with Crippen molar-refractivity contribution in [2.24, 2.45) is 5.41 Å². The van der Waals surface area contributed by atoms with Crippen molar-refractivity contribution in [3.63, 3.8) is 0 Å². The van der Waals surface area contributed by atoms with Crippen molar-refractivity contribution in [1.29, 1.82) is 0 Å². The van der Waals surface area contributed by atoms with E-state index < -0.39 is 17.5 Å². The molecule has 0 radical (unpaired) electrons. The van der Waals surface area contributed by atoms with Gasteiger partial charge in [0.05, 0.1) is 24.2 Å². The van der Waals surface area contributed by atoms with Crippen molar-refractivity contribution in [2.45, 2.75) is 37.3 Å². The summed E-state index contributed by atoms with van der Waals surface area (Å²) in [6, 6.07) is 8.45. The third kappa shape index (κ3) is 1.62. The molecule has 0 bridgehead atoms. The molecular weight excluding hydrogens is 328 g/mol. The minimum Gasteiger partial charge on any atom is -0.466 e. The van der Waals surface area contributed by atoms with Gasteiger partial charge in [0, 0.05) is 35.9 Å². The molecular formula is C21H24N2O3. The van der Waals surface area contributed by atoms with Gasteiger partial charge in [0.25, 0.3) is 0 Å². The van der Waals surface area contributed by atoms with Crippen LogP contribution in [0.4, 0.5) is 5.69 Å². The van der Waals surface area contributed by atoms with Gasteiger partial charge in [-0.15, -0.1) is 0 Å². The maximum absolute atomic E-state index is 12.8. The van der Waals surface area contributed by atoms with Crippen LogP contribution in [0.3, 0.4) is 0 Å². The SMILES string of the molecule is CC[C@@]12C=CCN3CC[C@@]4(C(=C(C(=O)OC)C1O)Nc1ccccc14)[C@H]32. The van der Waals surface area contributed by atoms with Crippen molar-refractivity contribution >= 4 is 11.7 Å². The van der Waals surface area contributed by atoms with Crippen molar-refractivity contribution in [2.75, 3.05) is 25.5 Å². The number of para-hydroxylation sites is 1. The maximum Gasteiger partial charge on any atom is 0.338 e. The smallest absolute Gasteiger partial charge is 0.338 e. The van der Waals surface area contributed by atoms with Gasteiger partial charge >= 0.3 is 5.97 Å². The van der Waals surface area contributed by atoms with E-state index >= 15 is 0 Å². The predicted molar refractivity (Wildman–Crippen MR) is 98.6 cm³/mol. The largest absolute Gasteiger partial charge is 0.466 e. The molecule has 1 spiro atoms. The average molecular weight is 352 g/mol. The standard InChI is InChI=1S/C21H24N2O3/c1-3-20-9-6-11-23-12-10-21(19(20)23)13-7-4-5-8-14(13)22-16(21)15(17(20)24)18(25)26-2/h4-9,17,19,22,24H,3,10-12H2,1-2H3/t17?,19-,20-,21-/m1/s1. The molecule has 136 valence electrons. The highest BCUT2D eigenvalue weighted by Crippen LogP contribution is 2.64. The zero-order valence-electron chi connectivity index (χ0n) is 15.2. The molecule has 1 aromatic rings. The lowest BCUT2D eigenvalue weighted by Crippen LogP contribution is -2.63.